The van der Waals surface area contributed by atoms with Crippen LogP contribution in [0.25, 0.3) is 22.3 Å². The van der Waals surface area contributed by atoms with Crippen LogP contribution < -0.4 is 11.2 Å². The van der Waals surface area contributed by atoms with Gasteiger partial charge >= 0.3 is 5.69 Å². The standard InChI is InChI=1S/C21H19BrN4O3/c1-13(2)11-26-20(27)16-8-3-4-9-17(16)25(21(26)28)12-18-23-19(24-29-18)14-6-5-7-15(22)10-14/h3-10,13H,11-12H2,1-2H3. The van der Waals surface area contributed by atoms with Crippen LogP contribution in [0.2, 0.25) is 0 Å². The molecule has 0 unspecified atom stereocenters. The molecule has 0 radical (unpaired) electrons. The third-order valence-corrected chi connectivity index (χ3v) is 5.02. The minimum atomic E-state index is -0.385. The van der Waals surface area contributed by atoms with Crippen molar-refractivity contribution in [3.05, 3.63) is 79.7 Å². The fraction of sp³-hybridized carbons (Fsp3) is 0.238. The predicted octanol–water partition coefficient (Wildman–Crippen LogP) is 3.68. The molecule has 0 bridgehead atoms. The number of aromatic nitrogens is 4. The Morgan fingerprint density at radius 3 is 2.62 bits per heavy atom. The molecule has 7 nitrogen and oxygen atoms in total. The molecule has 0 saturated carbocycles. The Morgan fingerprint density at radius 2 is 1.86 bits per heavy atom. The zero-order chi connectivity index (χ0) is 20.5. The second kappa shape index (κ2) is 7.79. The fourth-order valence-electron chi connectivity index (χ4n) is 3.25. The second-order valence-corrected chi connectivity index (χ2v) is 8.13. The molecule has 2 heterocycles. The molecule has 0 fully saturated rings. The van der Waals surface area contributed by atoms with E-state index in [1.54, 1.807) is 24.3 Å². The monoisotopic (exact) mass is 454 g/mol. The lowest BCUT2D eigenvalue weighted by atomic mass is 10.2. The molecule has 0 aliphatic rings. The number of rotatable bonds is 5. The van der Waals surface area contributed by atoms with Crippen molar-refractivity contribution < 1.29 is 4.52 Å². The number of hydrogen-bond acceptors (Lipinski definition) is 5. The first-order valence-electron chi connectivity index (χ1n) is 9.25. The Labute approximate surface area is 174 Å². The molecule has 0 atom stereocenters. The summed E-state index contributed by atoms with van der Waals surface area (Å²) in [5, 5.41) is 4.52. The van der Waals surface area contributed by atoms with Gasteiger partial charge in [-0.05, 0) is 30.2 Å². The highest BCUT2D eigenvalue weighted by atomic mass is 79.9. The number of para-hydroxylation sites is 1. The average molecular weight is 455 g/mol. The lowest BCUT2D eigenvalue weighted by Crippen LogP contribution is -2.41. The summed E-state index contributed by atoms with van der Waals surface area (Å²) in [6, 6.07) is 14.6. The first-order chi connectivity index (χ1) is 13.9. The van der Waals surface area contributed by atoms with Crippen LogP contribution in [0.4, 0.5) is 0 Å². The molecule has 4 aromatic rings. The van der Waals surface area contributed by atoms with Crippen molar-refractivity contribution >= 4 is 26.8 Å². The molecular formula is C21H19BrN4O3. The van der Waals surface area contributed by atoms with Gasteiger partial charge in [0, 0.05) is 16.6 Å². The van der Waals surface area contributed by atoms with Gasteiger partial charge in [0.2, 0.25) is 11.7 Å². The van der Waals surface area contributed by atoms with Crippen molar-refractivity contribution in [3.8, 4) is 11.4 Å². The molecule has 0 aliphatic heterocycles. The van der Waals surface area contributed by atoms with Gasteiger partial charge in [-0.1, -0.05) is 59.2 Å². The summed E-state index contributed by atoms with van der Waals surface area (Å²) in [4.78, 5) is 30.3. The summed E-state index contributed by atoms with van der Waals surface area (Å²) < 4.78 is 9.09. The molecule has 148 valence electrons. The van der Waals surface area contributed by atoms with Crippen LogP contribution in [0.3, 0.4) is 0 Å². The Hall–Kier alpha value is -3.00. The predicted molar refractivity (Wildman–Crippen MR) is 114 cm³/mol. The van der Waals surface area contributed by atoms with Crippen LogP contribution in [0.5, 0.6) is 0 Å². The Balaban J connectivity index is 1.81. The molecule has 0 spiro atoms. The van der Waals surface area contributed by atoms with Gasteiger partial charge in [-0.15, -0.1) is 0 Å². The molecule has 0 saturated heterocycles. The third-order valence-electron chi connectivity index (χ3n) is 4.52. The van der Waals surface area contributed by atoms with Crippen molar-refractivity contribution in [1.82, 2.24) is 19.3 Å². The van der Waals surface area contributed by atoms with Gasteiger partial charge in [0.05, 0.1) is 10.9 Å². The molecule has 0 aliphatic carbocycles. The Morgan fingerprint density at radius 1 is 1.07 bits per heavy atom. The third kappa shape index (κ3) is 3.80. The van der Waals surface area contributed by atoms with Crippen molar-refractivity contribution in [1.29, 1.82) is 0 Å². The molecule has 2 aromatic carbocycles. The number of benzene rings is 2. The van der Waals surface area contributed by atoms with Crippen LogP contribution >= 0.6 is 15.9 Å². The van der Waals surface area contributed by atoms with E-state index < -0.39 is 0 Å². The highest BCUT2D eigenvalue weighted by Gasteiger charge is 2.17. The molecule has 0 N–H and O–H groups in total. The molecule has 0 amide bonds. The summed E-state index contributed by atoms with van der Waals surface area (Å²) in [6.45, 7) is 4.36. The Bertz CT molecular complexity index is 1300. The summed E-state index contributed by atoms with van der Waals surface area (Å²) in [7, 11) is 0. The Kier molecular flexibility index (Phi) is 5.19. The van der Waals surface area contributed by atoms with Gasteiger partial charge in [-0.3, -0.25) is 13.9 Å². The van der Waals surface area contributed by atoms with Crippen molar-refractivity contribution in [3.63, 3.8) is 0 Å². The summed E-state index contributed by atoms with van der Waals surface area (Å²) in [5.74, 6) is 0.887. The lowest BCUT2D eigenvalue weighted by molar-refractivity contribution is 0.368. The van der Waals surface area contributed by atoms with Gasteiger partial charge in [0.25, 0.3) is 5.56 Å². The van der Waals surface area contributed by atoms with E-state index in [9.17, 15) is 9.59 Å². The molecule has 4 rings (SSSR count). The quantitative estimate of drug-likeness (QED) is 0.459. The van der Waals surface area contributed by atoms with Gasteiger partial charge < -0.3 is 4.52 Å². The van der Waals surface area contributed by atoms with Crippen LogP contribution in [0.1, 0.15) is 19.7 Å². The molecule has 2 aromatic heterocycles. The molecule has 8 heteroatoms. The van der Waals surface area contributed by atoms with Crippen molar-refractivity contribution in [2.75, 3.05) is 0 Å². The smallest absolute Gasteiger partial charge is 0.331 e. The molecule has 29 heavy (non-hydrogen) atoms. The van der Waals surface area contributed by atoms with E-state index in [2.05, 4.69) is 26.1 Å². The summed E-state index contributed by atoms with van der Waals surface area (Å²) >= 11 is 3.43. The topological polar surface area (TPSA) is 82.9 Å². The van der Waals surface area contributed by atoms with E-state index in [-0.39, 0.29) is 23.7 Å². The van der Waals surface area contributed by atoms with E-state index in [0.29, 0.717) is 29.2 Å². The zero-order valence-corrected chi connectivity index (χ0v) is 17.6. The number of hydrogen-bond donors (Lipinski definition) is 0. The second-order valence-electron chi connectivity index (χ2n) is 7.22. The first-order valence-corrected chi connectivity index (χ1v) is 10.0. The fourth-order valence-corrected chi connectivity index (χ4v) is 3.65. The van der Waals surface area contributed by atoms with E-state index >= 15 is 0 Å². The number of nitrogens with zero attached hydrogens (tertiary/aromatic N) is 4. The van der Waals surface area contributed by atoms with Crippen LogP contribution in [0.15, 0.2) is 67.1 Å². The van der Waals surface area contributed by atoms with Gasteiger partial charge in [0.1, 0.15) is 6.54 Å². The van der Waals surface area contributed by atoms with Gasteiger partial charge in [-0.25, -0.2) is 4.79 Å². The van der Waals surface area contributed by atoms with Gasteiger partial charge in [-0.2, -0.15) is 4.98 Å². The van der Waals surface area contributed by atoms with Crippen LogP contribution in [0, 0.1) is 5.92 Å². The summed E-state index contributed by atoms with van der Waals surface area (Å²) in [6.07, 6.45) is 0. The highest BCUT2D eigenvalue weighted by molar-refractivity contribution is 9.10. The summed E-state index contributed by atoms with van der Waals surface area (Å²) in [5.41, 5.74) is 0.682. The van der Waals surface area contributed by atoms with Crippen LogP contribution in [-0.4, -0.2) is 19.3 Å². The van der Waals surface area contributed by atoms with E-state index in [1.807, 2.05) is 38.1 Å². The van der Waals surface area contributed by atoms with E-state index in [1.165, 1.54) is 9.13 Å². The zero-order valence-electron chi connectivity index (χ0n) is 16.0. The lowest BCUT2D eigenvalue weighted by Gasteiger charge is -2.14. The van der Waals surface area contributed by atoms with E-state index in [4.69, 9.17) is 4.52 Å². The van der Waals surface area contributed by atoms with Crippen molar-refractivity contribution in [2.45, 2.75) is 26.9 Å². The van der Waals surface area contributed by atoms with Crippen molar-refractivity contribution in [2.24, 2.45) is 5.92 Å². The minimum Gasteiger partial charge on any atom is -0.337 e. The minimum absolute atomic E-state index is 0.0821. The largest absolute Gasteiger partial charge is 0.337 e. The molecular weight excluding hydrogens is 436 g/mol. The SMILES string of the molecule is CC(C)Cn1c(=O)c2ccccc2n(Cc2nc(-c3cccc(Br)c3)no2)c1=O. The van der Waals surface area contributed by atoms with E-state index in [0.717, 1.165) is 10.0 Å². The highest BCUT2D eigenvalue weighted by Crippen LogP contribution is 2.20. The normalized spacial score (nSPS) is 11.4. The maximum Gasteiger partial charge on any atom is 0.331 e. The maximum atomic E-state index is 13.1. The van der Waals surface area contributed by atoms with Gasteiger partial charge in [0.15, 0.2) is 0 Å². The first kappa shape index (κ1) is 19.3. The van der Waals surface area contributed by atoms with Crippen LogP contribution in [-0.2, 0) is 13.1 Å². The maximum absolute atomic E-state index is 13.1. The number of fused-ring (bicyclic) bond motifs is 1. The average Bonchev–Trinajstić information content (AvgIpc) is 3.17. The number of halogens is 1.